The lowest BCUT2D eigenvalue weighted by Crippen LogP contribution is -2.30. The fraction of sp³-hybridized carbons (Fsp3) is 0.250. The summed E-state index contributed by atoms with van der Waals surface area (Å²) in [6, 6.07) is 8.71. The Hall–Kier alpha value is -1.55. The average molecular weight is 447 g/mol. The maximum atomic E-state index is 12.1. The van der Waals surface area contributed by atoms with Crippen LogP contribution in [0.3, 0.4) is 0 Å². The molecule has 0 atom stereocenters. The minimum Gasteiger partial charge on any atom is -0.462 e. The summed E-state index contributed by atoms with van der Waals surface area (Å²) >= 11 is 6.82. The van der Waals surface area contributed by atoms with Gasteiger partial charge in [0.1, 0.15) is 4.88 Å². The molecule has 28 heavy (non-hydrogen) atoms. The molecule has 0 radical (unpaired) electrons. The van der Waals surface area contributed by atoms with Crippen molar-refractivity contribution in [2.24, 2.45) is 0 Å². The first kappa shape index (κ1) is 17.3. The second kappa shape index (κ2) is 6.22. The molecule has 1 saturated heterocycles. The van der Waals surface area contributed by atoms with Crippen LogP contribution in [0.5, 0.6) is 0 Å². The minimum atomic E-state index is -0.232. The predicted molar refractivity (Wildman–Crippen MR) is 118 cm³/mol. The number of rotatable bonds is 3. The molecule has 1 aromatic carbocycles. The van der Waals surface area contributed by atoms with Gasteiger partial charge in [0, 0.05) is 29.6 Å². The summed E-state index contributed by atoms with van der Waals surface area (Å²) in [5.74, 6) is -0.232. The fourth-order valence-corrected chi connectivity index (χ4v) is 8.48. The van der Waals surface area contributed by atoms with Gasteiger partial charge in [-0.2, -0.15) is 0 Å². The van der Waals surface area contributed by atoms with Crippen LogP contribution in [0.4, 0.5) is 0 Å². The van der Waals surface area contributed by atoms with Gasteiger partial charge in [-0.15, -0.1) is 45.3 Å². The molecule has 8 heteroatoms. The van der Waals surface area contributed by atoms with Crippen molar-refractivity contribution in [2.75, 3.05) is 6.61 Å². The number of fused-ring (bicyclic) bond motifs is 6. The molecule has 0 aliphatic carbocycles. The van der Waals surface area contributed by atoms with Gasteiger partial charge in [-0.25, -0.2) is 4.79 Å². The number of hydrogen-bond donors (Lipinski definition) is 0. The van der Waals surface area contributed by atoms with E-state index in [0.717, 1.165) is 9.58 Å². The summed E-state index contributed by atoms with van der Waals surface area (Å²) in [6.07, 6.45) is -0.327. The van der Waals surface area contributed by atoms with Gasteiger partial charge in [-0.1, -0.05) is 0 Å². The zero-order valence-corrected chi connectivity index (χ0v) is 18.2. The molecule has 0 amide bonds. The van der Waals surface area contributed by atoms with Crippen LogP contribution in [0.2, 0.25) is 0 Å². The van der Waals surface area contributed by atoms with Gasteiger partial charge in [-0.3, -0.25) is 0 Å². The Morgan fingerprint density at radius 3 is 2.21 bits per heavy atom. The summed E-state index contributed by atoms with van der Waals surface area (Å²) in [7, 11) is 0. The van der Waals surface area contributed by atoms with Crippen molar-refractivity contribution in [1.29, 1.82) is 0 Å². The van der Waals surface area contributed by atoms with Crippen molar-refractivity contribution in [1.82, 2.24) is 0 Å². The van der Waals surface area contributed by atoms with E-state index >= 15 is 0 Å². The van der Waals surface area contributed by atoms with Gasteiger partial charge in [0.2, 0.25) is 0 Å². The third-order valence-electron chi connectivity index (χ3n) is 4.77. The molecule has 5 heterocycles. The number of carbonyl (C=O) groups excluding carboxylic acids is 1. The molecule has 0 saturated carbocycles. The maximum absolute atomic E-state index is 12.1. The Labute approximate surface area is 175 Å². The first-order valence-corrected chi connectivity index (χ1v) is 12.2. The molecule has 0 N–H and O–H groups in total. The van der Waals surface area contributed by atoms with Gasteiger partial charge >= 0.3 is 5.97 Å². The van der Waals surface area contributed by atoms with Gasteiger partial charge < -0.3 is 14.2 Å². The Morgan fingerprint density at radius 2 is 1.57 bits per heavy atom. The molecule has 0 unspecified atom stereocenters. The van der Waals surface area contributed by atoms with Crippen LogP contribution >= 0.6 is 45.3 Å². The molecule has 1 aliphatic heterocycles. The largest absolute Gasteiger partial charge is 0.462 e. The third-order valence-corrected chi connectivity index (χ3v) is 9.56. The minimum absolute atomic E-state index is 0.111. The highest BCUT2D eigenvalue weighted by atomic mass is 32.1. The van der Waals surface area contributed by atoms with Gasteiger partial charge in [0.15, 0.2) is 12.6 Å². The van der Waals surface area contributed by atoms with Crippen molar-refractivity contribution in [3.05, 3.63) is 34.0 Å². The highest BCUT2D eigenvalue weighted by molar-refractivity contribution is 7.34. The Bertz CT molecular complexity index is 1380. The van der Waals surface area contributed by atoms with E-state index < -0.39 is 0 Å². The average Bonchev–Trinajstić information content (AvgIpc) is 3.36. The van der Waals surface area contributed by atoms with E-state index in [9.17, 15) is 4.79 Å². The van der Waals surface area contributed by atoms with Crippen LogP contribution in [0.15, 0.2) is 24.3 Å². The number of carbonyl (C=O) groups is 1. The van der Waals surface area contributed by atoms with Crippen molar-refractivity contribution >= 4 is 90.3 Å². The molecule has 4 nitrogen and oxygen atoms in total. The van der Waals surface area contributed by atoms with E-state index in [2.05, 4.69) is 18.2 Å². The summed E-state index contributed by atoms with van der Waals surface area (Å²) in [4.78, 5) is 13.9. The van der Waals surface area contributed by atoms with E-state index in [1.807, 2.05) is 19.9 Å². The monoisotopic (exact) mass is 446 g/mol. The normalized spacial score (nSPS) is 19.8. The Balaban J connectivity index is 1.48. The summed E-state index contributed by atoms with van der Waals surface area (Å²) in [5.41, 5.74) is 0. The lowest BCUT2D eigenvalue weighted by molar-refractivity contribution is -0.381. The molecule has 4 aromatic heterocycles. The van der Waals surface area contributed by atoms with E-state index in [4.69, 9.17) is 14.2 Å². The van der Waals surface area contributed by atoms with Crippen molar-refractivity contribution in [3.63, 3.8) is 0 Å². The van der Waals surface area contributed by atoms with Crippen LogP contribution < -0.4 is 0 Å². The number of thiophene rings is 4. The quantitative estimate of drug-likeness (QED) is 0.277. The Morgan fingerprint density at radius 1 is 0.929 bits per heavy atom. The molecule has 0 bridgehead atoms. The first-order valence-electron chi connectivity index (χ1n) is 8.91. The number of benzene rings is 1. The molecule has 142 valence electrons. The van der Waals surface area contributed by atoms with Crippen molar-refractivity contribution in [2.45, 2.75) is 26.4 Å². The zero-order chi connectivity index (χ0) is 19.0. The lowest BCUT2D eigenvalue weighted by Gasteiger charge is -2.32. The number of esters is 1. The van der Waals surface area contributed by atoms with Gasteiger partial charge in [0.05, 0.1) is 20.9 Å². The van der Waals surface area contributed by atoms with Gasteiger partial charge in [-0.05, 0) is 38.1 Å². The lowest BCUT2D eigenvalue weighted by atomic mass is 10.2. The summed E-state index contributed by atoms with van der Waals surface area (Å²) in [6.45, 7) is 4.14. The standard InChI is InChI=1S/C20H14O4S4/c1-3-22-19(21)15-6-13-17(27-15)9-4-12-10(5-11(9)25-13)18-14(26-12)7-16(28-18)20-23-8(2)24-20/h4-8,20H,3H2,1-2H3. The number of ether oxygens (including phenoxy) is 3. The van der Waals surface area contributed by atoms with E-state index in [0.29, 0.717) is 11.5 Å². The van der Waals surface area contributed by atoms with Crippen LogP contribution in [-0.4, -0.2) is 18.9 Å². The van der Waals surface area contributed by atoms with Crippen LogP contribution in [0.1, 0.15) is 34.7 Å². The van der Waals surface area contributed by atoms with E-state index in [1.54, 1.807) is 34.0 Å². The molecular formula is C20H14O4S4. The van der Waals surface area contributed by atoms with Gasteiger partial charge in [0.25, 0.3) is 0 Å². The fourth-order valence-electron chi connectivity index (χ4n) is 3.53. The molecule has 1 fully saturated rings. The predicted octanol–water partition coefficient (Wildman–Crippen LogP) is 7.11. The zero-order valence-electron chi connectivity index (χ0n) is 14.9. The maximum Gasteiger partial charge on any atom is 0.348 e. The SMILES string of the molecule is CCOC(=O)c1cc2sc3cc4c(cc3c2s1)sc1cc(C2OC(C)O2)sc14. The summed E-state index contributed by atoms with van der Waals surface area (Å²) in [5, 5.41) is 2.51. The van der Waals surface area contributed by atoms with Crippen LogP contribution in [0.25, 0.3) is 39.0 Å². The third kappa shape index (κ3) is 2.49. The molecule has 0 spiro atoms. The number of hydrogen-bond acceptors (Lipinski definition) is 8. The van der Waals surface area contributed by atoms with Crippen LogP contribution in [-0.2, 0) is 14.2 Å². The molecular weight excluding hydrogens is 432 g/mol. The molecule has 5 aromatic rings. The van der Waals surface area contributed by atoms with Crippen molar-refractivity contribution < 1.29 is 19.0 Å². The Kier molecular flexibility index (Phi) is 3.85. The topological polar surface area (TPSA) is 44.8 Å². The second-order valence-electron chi connectivity index (χ2n) is 6.59. The first-order chi connectivity index (χ1) is 13.6. The smallest absolute Gasteiger partial charge is 0.348 e. The molecule has 6 rings (SSSR count). The van der Waals surface area contributed by atoms with E-state index in [1.165, 1.54) is 45.6 Å². The summed E-state index contributed by atoms with van der Waals surface area (Å²) < 4.78 is 23.9. The van der Waals surface area contributed by atoms with E-state index in [-0.39, 0.29) is 18.5 Å². The highest BCUT2D eigenvalue weighted by Crippen LogP contribution is 2.48. The van der Waals surface area contributed by atoms with Crippen molar-refractivity contribution in [3.8, 4) is 0 Å². The molecule has 1 aliphatic rings. The second-order valence-corrected chi connectivity index (χ2v) is 10.9. The van der Waals surface area contributed by atoms with Crippen LogP contribution in [0, 0.1) is 0 Å². The highest BCUT2D eigenvalue weighted by Gasteiger charge is 2.30.